The predicted octanol–water partition coefficient (Wildman–Crippen LogP) is 6.46. The number of benzene rings is 2. The Bertz CT molecular complexity index is 1150. The van der Waals surface area contributed by atoms with Gasteiger partial charge in [-0.2, -0.15) is 0 Å². The Morgan fingerprint density at radius 1 is 1.03 bits per heavy atom. The van der Waals surface area contributed by atoms with E-state index in [-0.39, 0.29) is 0 Å². The molecule has 0 fully saturated rings. The molecule has 4 aromatic rings. The summed E-state index contributed by atoms with van der Waals surface area (Å²) >= 11 is 1.62. The number of aryl methyl sites for hydroxylation is 1. The summed E-state index contributed by atoms with van der Waals surface area (Å²) in [5.74, 6) is 0.427. The highest BCUT2D eigenvalue weighted by molar-refractivity contribution is 7.14. The predicted molar refractivity (Wildman–Crippen MR) is 140 cm³/mol. The minimum Gasteiger partial charge on any atom is -0.385 e. The smallest absolute Gasteiger partial charge is 0.187 e. The lowest BCUT2D eigenvalue weighted by molar-refractivity contribution is 0.163. The topological polar surface area (TPSA) is 61.2 Å². The lowest BCUT2D eigenvalue weighted by Gasteiger charge is -2.19. The third-order valence-electron chi connectivity index (χ3n) is 6.03. The van der Waals surface area contributed by atoms with E-state index in [0.717, 1.165) is 60.2 Å². The Morgan fingerprint density at radius 3 is 2.44 bits per heavy atom. The fourth-order valence-electron chi connectivity index (χ4n) is 4.08. The number of imidazole rings is 1. The number of nitrogens with zero attached hydrogens (tertiary/aromatic N) is 3. The molecule has 0 aliphatic rings. The second-order valence-electron chi connectivity index (χ2n) is 8.21. The van der Waals surface area contributed by atoms with E-state index >= 15 is 0 Å². The fourth-order valence-corrected chi connectivity index (χ4v) is 4.81. The lowest BCUT2D eigenvalue weighted by Crippen LogP contribution is -2.07. The van der Waals surface area contributed by atoms with Crippen molar-refractivity contribution in [3.63, 3.8) is 0 Å². The SMILES string of the molecule is CCc1cc(C(CCOC)CCOC)ccc1Nc1nc(-c2ccc(-n3ccnc3)cc2)cs1. The number of anilines is 2. The van der Waals surface area contributed by atoms with E-state index in [1.54, 1.807) is 38.1 Å². The maximum absolute atomic E-state index is 5.33. The van der Waals surface area contributed by atoms with E-state index in [1.807, 2.05) is 10.8 Å². The summed E-state index contributed by atoms with van der Waals surface area (Å²) in [7, 11) is 3.52. The molecule has 0 aliphatic heterocycles. The zero-order valence-electron chi connectivity index (χ0n) is 20.0. The molecule has 0 unspecified atom stereocenters. The average Bonchev–Trinajstić information content (AvgIpc) is 3.57. The van der Waals surface area contributed by atoms with Crippen LogP contribution in [0.4, 0.5) is 10.8 Å². The van der Waals surface area contributed by atoms with Crippen LogP contribution in [0, 0.1) is 0 Å². The van der Waals surface area contributed by atoms with Gasteiger partial charge in [0.05, 0.1) is 12.0 Å². The summed E-state index contributed by atoms with van der Waals surface area (Å²) in [4.78, 5) is 8.95. The monoisotopic (exact) mass is 476 g/mol. The van der Waals surface area contributed by atoms with E-state index in [9.17, 15) is 0 Å². The van der Waals surface area contributed by atoms with Crippen molar-refractivity contribution in [2.24, 2.45) is 0 Å². The number of ether oxygens (including phenoxy) is 2. The second kappa shape index (κ2) is 11.9. The molecule has 0 spiro atoms. The van der Waals surface area contributed by atoms with Crippen molar-refractivity contribution < 1.29 is 9.47 Å². The number of methoxy groups -OCH3 is 2. The first-order chi connectivity index (χ1) is 16.7. The molecule has 0 aliphatic carbocycles. The van der Waals surface area contributed by atoms with Gasteiger partial charge in [0.15, 0.2) is 5.13 Å². The summed E-state index contributed by atoms with van der Waals surface area (Å²) in [6.45, 7) is 3.70. The molecule has 34 heavy (non-hydrogen) atoms. The molecule has 0 bridgehead atoms. The third kappa shape index (κ3) is 5.91. The van der Waals surface area contributed by atoms with Gasteiger partial charge in [0.1, 0.15) is 0 Å². The van der Waals surface area contributed by atoms with Crippen LogP contribution in [-0.2, 0) is 15.9 Å². The number of hydrogen-bond acceptors (Lipinski definition) is 6. The molecule has 6 nitrogen and oxygen atoms in total. The molecular formula is C27H32N4O2S. The standard InChI is InChI=1S/C27H32N4O2S/c1-4-20-17-23(21(11-15-32-2)12-16-33-3)7-10-25(20)29-27-30-26(18-34-27)22-5-8-24(9-6-22)31-14-13-28-19-31/h5-10,13-14,17-19,21H,4,11-12,15-16H2,1-3H3,(H,29,30). The van der Waals surface area contributed by atoms with Crippen molar-refractivity contribution in [2.45, 2.75) is 32.1 Å². The summed E-state index contributed by atoms with van der Waals surface area (Å²) in [6.07, 6.45) is 8.45. The van der Waals surface area contributed by atoms with Crippen LogP contribution in [0.15, 0.2) is 66.6 Å². The minimum absolute atomic E-state index is 0.427. The first-order valence-electron chi connectivity index (χ1n) is 11.6. The largest absolute Gasteiger partial charge is 0.385 e. The molecule has 0 radical (unpaired) electrons. The summed E-state index contributed by atoms with van der Waals surface area (Å²) in [5.41, 5.74) is 6.89. The Balaban J connectivity index is 1.48. The van der Waals surface area contributed by atoms with Crippen LogP contribution in [0.25, 0.3) is 16.9 Å². The van der Waals surface area contributed by atoms with Gasteiger partial charge in [-0.25, -0.2) is 9.97 Å². The summed E-state index contributed by atoms with van der Waals surface area (Å²) < 4.78 is 12.7. The van der Waals surface area contributed by atoms with Gasteiger partial charge in [0.2, 0.25) is 0 Å². The van der Waals surface area contributed by atoms with Gasteiger partial charge in [-0.05, 0) is 54.5 Å². The Kier molecular flexibility index (Phi) is 8.46. The van der Waals surface area contributed by atoms with Gasteiger partial charge < -0.3 is 19.4 Å². The zero-order chi connectivity index (χ0) is 23.8. The van der Waals surface area contributed by atoms with Crippen molar-refractivity contribution in [2.75, 3.05) is 32.8 Å². The number of aromatic nitrogens is 3. The van der Waals surface area contributed by atoms with Gasteiger partial charge in [0.25, 0.3) is 0 Å². The van der Waals surface area contributed by atoms with Gasteiger partial charge >= 0.3 is 0 Å². The number of thiazole rings is 1. The highest BCUT2D eigenvalue weighted by Gasteiger charge is 2.14. The first-order valence-corrected chi connectivity index (χ1v) is 12.5. The summed E-state index contributed by atoms with van der Waals surface area (Å²) in [5, 5.41) is 6.54. The fraction of sp³-hybridized carbons (Fsp3) is 0.333. The molecule has 2 aromatic heterocycles. The van der Waals surface area contributed by atoms with Gasteiger partial charge in [0, 0.05) is 62.1 Å². The quantitative estimate of drug-likeness (QED) is 0.254. The highest BCUT2D eigenvalue weighted by Crippen LogP contribution is 2.32. The molecule has 2 heterocycles. The van der Waals surface area contributed by atoms with Crippen molar-refractivity contribution >= 4 is 22.2 Å². The number of nitrogens with one attached hydrogen (secondary N) is 1. The maximum atomic E-state index is 5.33. The second-order valence-corrected chi connectivity index (χ2v) is 9.07. The molecule has 0 atom stereocenters. The average molecular weight is 477 g/mol. The van der Waals surface area contributed by atoms with Gasteiger partial charge in [-0.15, -0.1) is 11.3 Å². The summed E-state index contributed by atoms with van der Waals surface area (Å²) in [6, 6.07) is 15.1. The molecule has 4 rings (SSSR count). The molecule has 2 aromatic carbocycles. The van der Waals surface area contributed by atoms with E-state index in [4.69, 9.17) is 14.5 Å². The van der Waals surface area contributed by atoms with E-state index in [1.165, 1.54) is 11.1 Å². The van der Waals surface area contributed by atoms with E-state index < -0.39 is 0 Å². The van der Waals surface area contributed by atoms with Crippen LogP contribution >= 0.6 is 11.3 Å². The Labute approximate surface area is 205 Å². The van der Waals surface area contributed by atoms with Crippen LogP contribution in [0.5, 0.6) is 0 Å². The highest BCUT2D eigenvalue weighted by atomic mass is 32.1. The molecule has 1 N–H and O–H groups in total. The van der Waals surface area contributed by atoms with Crippen molar-refractivity contribution in [3.05, 3.63) is 77.7 Å². The Morgan fingerprint density at radius 2 is 1.79 bits per heavy atom. The van der Waals surface area contributed by atoms with Crippen molar-refractivity contribution in [1.82, 2.24) is 14.5 Å². The normalized spacial score (nSPS) is 11.3. The minimum atomic E-state index is 0.427. The van der Waals surface area contributed by atoms with Crippen LogP contribution in [0.1, 0.15) is 36.8 Å². The molecular weight excluding hydrogens is 444 g/mol. The third-order valence-corrected chi connectivity index (χ3v) is 6.79. The molecule has 178 valence electrons. The molecule has 7 heteroatoms. The van der Waals surface area contributed by atoms with E-state index in [0.29, 0.717) is 5.92 Å². The zero-order valence-corrected chi connectivity index (χ0v) is 20.8. The maximum Gasteiger partial charge on any atom is 0.187 e. The van der Waals surface area contributed by atoms with Crippen molar-refractivity contribution in [1.29, 1.82) is 0 Å². The van der Waals surface area contributed by atoms with Crippen molar-refractivity contribution in [3.8, 4) is 16.9 Å². The number of hydrogen-bond donors (Lipinski definition) is 1. The van der Waals surface area contributed by atoms with Crippen LogP contribution < -0.4 is 5.32 Å². The molecule has 0 saturated carbocycles. The Hall–Kier alpha value is -3.00. The number of rotatable bonds is 12. The van der Waals surface area contributed by atoms with Gasteiger partial charge in [-0.1, -0.05) is 31.2 Å². The van der Waals surface area contributed by atoms with Crippen LogP contribution in [0.2, 0.25) is 0 Å². The van der Waals surface area contributed by atoms with Crippen LogP contribution in [0.3, 0.4) is 0 Å². The molecule has 0 saturated heterocycles. The lowest BCUT2D eigenvalue weighted by atomic mass is 9.91. The van der Waals surface area contributed by atoms with Crippen LogP contribution in [-0.4, -0.2) is 42.0 Å². The van der Waals surface area contributed by atoms with E-state index in [2.05, 4.69) is 65.1 Å². The molecule has 0 amide bonds. The first kappa shape index (κ1) is 24.1. The van der Waals surface area contributed by atoms with Gasteiger partial charge in [-0.3, -0.25) is 0 Å².